The van der Waals surface area contributed by atoms with Crippen LogP contribution in [-0.4, -0.2) is 4.98 Å². The van der Waals surface area contributed by atoms with Gasteiger partial charge in [0.15, 0.2) is 0 Å². The summed E-state index contributed by atoms with van der Waals surface area (Å²) in [6.45, 7) is 0. The molecule has 1 aromatic rings. The Bertz CT molecular complexity index is 335. The zero-order valence-corrected chi connectivity index (χ0v) is 7.20. The molecule has 0 spiro atoms. The number of hydrogen-bond donors (Lipinski definition) is 0. The van der Waals surface area contributed by atoms with E-state index in [4.69, 9.17) is 11.6 Å². The van der Waals surface area contributed by atoms with Crippen LogP contribution in [0.2, 0.25) is 5.15 Å². The Balaban J connectivity index is 3.21. The van der Waals surface area contributed by atoms with Gasteiger partial charge in [-0.25, -0.2) is 13.8 Å². The van der Waals surface area contributed by atoms with Gasteiger partial charge in [-0.1, -0.05) is 11.6 Å². The van der Waals surface area contributed by atoms with Gasteiger partial charge in [0.1, 0.15) is 10.8 Å². The van der Waals surface area contributed by atoms with Gasteiger partial charge in [0.2, 0.25) is 0 Å². The lowest BCUT2D eigenvalue weighted by molar-refractivity contribution is -0.141. The number of alkyl halides is 5. The van der Waals surface area contributed by atoms with Gasteiger partial charge in [-0.05, 0) is 12.1 Å². The molecule has 14 heavy (non-hydrogen) atoms. The van der Waals surface area contributed by atoms with E-state index in [1.807, 2.05) is 0 Å². The Morgan fingerprint density at radius 1 is 1.21 bits per heavy atom. The van der Waals surface area contributed by atoms with Crippen LogP contribution in [0.4, 0.5) is 22.0 Å². The second kappa shape index (κ2) is 3.68. The van der Waals surface area contributed by atoms with Crippen LogP contribution in [0.1, 0.15) is 17.7 Å². The van der Waals surface area contributed by atoms with Crippen molar-refractivity contribution in [2.24, 2.45) is 0 Å². The fraction of sp³-hybridized carbons (Fsp3) is 0.286. The lowest BCUT2D eigenvalue weighted by Crippen LogP contribution is -2.08. The minimum absolute atomic E-state index is 0.274. The fourth-order valence-electron chi connectivity index (χ4n) is 0.788. The Morgan fingerprint density at radius 3 is 2.21 bits per heavy atom. The number of hydrogen-bond acceptors (Lipinski definition) is 1. The lowest BCUT2D eigenvalue weighted by Gasteiger charge is -2.07. The zero-order chi connectivity index (χ0) is 10.9. The molecule has 1 nitrogen and oxygen atoms in total. The van der Waals surface area contributed by atoms with E-state index in [9.17, 15) is 22.0 Å². The van der Waals surface area contributed by atoms with Crippen LogP contribution in [0, 0.1) is 0 Å². The maximum atomic E-state index is 12.1. The minimum Gasteiger partial charge on any atom is -0.232 e. The number of rotatable bonds is 1. The molecule has 1 aromatic heterocycles. The van der Waals surface area contributed by atoms with E-state index >= 15 is 0 Å². The van der Waals surface area contributed by atoms with Crippen molar-refractivity contribution < 1.29 is 22.0 Å². The van der Waals surface area contributed by atoms with E-state index in [-0.39, 0.29) is 6.07 Å². The molecule has 78 valence electrons. The third-order valence-corrected chi connectivity index (χ3v) is 1.55. The first-order valence-corrected chi connectivity index (χ1v) is 3.71. The molecular formula is C7H3ClF5N. The molecular weight excluding hydrogens is 229 g/mol. The summed E-state index contributed by atoms with van der Waals surface area (Å²) in [5.74, 6) is 0. The van der Waals surface area contributed by atoms with E-state index in [1.54, 1.807) is 0 Å². The van der Waals surface area contributed by atoms with E-state index < -0.39 is 29.0 Å². The average molecular weight is 232 g/mol. The molecule has 0 saturated heterocycles. The first-order chi connectivity index (χ1) is 6.30. The first-order valence-electron chi connectivity index (χ1n) is 3.33. The number of nitrogens with zero attached hydrogens (tertiary/aromatic N) is 1. The van der Waals surface area contributed by atoms with Crippen LogP contribution < -0.4 is 0 Å². The standard InChI is InChI=1S/C7H3ClF5N/c8-5-2-3(6(9)10)1-4(14-5)7(11,12)13/h1-2,6H. The summed E-state index contributed by atoms with van der Waals surface area (Å²) in [6, 6.07) is 0.970. The molecule has 1 rings (SSSR count). The summed E-state index contributed by atoms with van der Waals surface area (Å²) in [5, 5.41) is -0.602. The Labute approximate surface area is 80.5 Å². The summed E-state index contributed by atoms with van der Waals surface area (Å²) in [4.78, 5) is 2.89. The van der Waals surface area contributed by atoms with Crippen LogP contribution >= 0.6 is 11.6 Å². The number of aromatic nitrogens is 1. The number of pyridine rings is 1. The minimum atomic E-state index is -4.77. The van der Waals surface area contributed by atoms with Crippen LogP contribution in [-0.2, 0) is 6.18 Å². The summed E-state index contributed by atoms with van der Waals surface area (Å²) in [7, 11) is 0. The van der Waals surface area contributed by atoms with Gasteiger partial charge in [0.25, 0.3) is 6.43 Å². The third kappa shape index (κ3) is 2.54. The van der Waals surface area contributed by atoms with Gasteiger partial charge in [-0.15, -0.1) is 0 Å². The maximum Gasteiger partial charge on any atom is 0.433 e. The average Bonchev–Trinajstić information content (AvgIpc) is 2.01. The third-order valence-electron chi connectivity index (χ3n) is 1.36. The van der Waals surface area contributed by atoms with Gasteiger partial charge >= 0.3 is 6.18 Å². The van der Waals surface area contributed by atoms with Crippen molar-refractivity contribution in [3.63, 3.8) is 0 Å². The highest BCUT2D eigenvalue weighted by atomic mass is 35.5. The number of halogens is 6. The monoisotopic (exact) mass is 231 g/mol. The van der Waals surface area contributed by atoms with Crippen LogP contribution in [0.15, 0.2) is 12.1 Å². The zero-order valence-electron chi connectivity index (χ0n) is 6.45. The second-order valence-electron chi connectivity index (χ2n) is 2.41. The van der Waals surface area contributed by atoms with Gasteiger partial charge in [0.05, 0.1) is 0 Å². The predicted octanol–water partition coefficient (Wildman–Crippen LogP) is 3.69. The molecule has 0 bridgehead atoms. The summed E-state index contributed by atoms with van der Waals surface area (Å²) in [5.41, 5.74) is -2.21. The normalized spacial score (nSPS) is 12.2. The van der Waals surface area contributed by atoms with Crippen LogP contribution in [0.25, 0.3) is 0 Å². The van der Waals surface area contributed by atoms with Crippen molar-refractivity contribution in [2.45, 2.75) is 12.6 Å². The molecule has 0 aliphatic heterocycles. The SMILES string of the molecule is FC(F)c1cc(Cl)nc(C(F)(F)F)c1. The van der Waals surface area contributed by atoms with Crippen LogP contribution in [0.3, 0.4) is 0 Å². The molecule has 0 fully saturated rings. The van der Waals surface area contributed by atoms with Gasteiger partial charge in [-0.2, -0.15) is 13.2 Å². The van der Waals surface area contributed by atoms with Gasteiger partial charge in [0, 0.05) is 5.56 Å². The van der Waals surface area contributed by atoms with Gasteiger partial charge < -0.3 is 0 Å². The topological polar surface area (TPSA) is 12.9 Å². The fourth-order valence-corrected chi connectivity index (χ4v) is 1.00. The molecule has 0 saturated carbocycles. The summed E-state index contributed by atoms with van der Waals surface area (Å²) in [6.07, 6.45) is -7.77. The smallest absolute Gasteiger partial charge is 0.232 e. The van der Waals surface area contributed by atoms with E-state index in [1.165, 1.54) is 0 Å². The molecule has 0 amide bonds. The Morgan fingerprint density at radius 2 is 1.79 bits per heavy atom. The molecule has 0 aliphatic carbocycles. The Hall–Kier alpha value is -0.910. The predicted molar refractivity (Wildman–Crippen MR) is 39.2 cm³/mol. The summed E-state index contributed by atoms with van der Waals surface area (Å²) >= 11 is 5.16. The van der Waals surface area contributed by atoms with E-state index in [0.717, 1.165) is 0 Å². The van der Waals surface area contributed by atoms with Crippen molar-refractivity contribution in [3.8, 4) is 0 Å². The van der Waals surface area contributed by atoms with Crippen molar-refractivity contribution >= 4 is 11.6 Å². The first kappa shape index (κ1) is 11.2. The van der Waals surface area contributed by atoms with Gasteiger partial charge in [-0.3, -0.25) is 0 Å². The van der Waals surface area contributed by atoms with E-state index in [0.29, 0.717) is 6.07 Å². The molecule has 0 N–H and O–H groups in total. The highest BCUT2D eigenvalue weighted by molar-refractivity contribution is 6.29. The molecule has 7 heteroatoms. The molecule has 0 radical (unpaired) electrons. The largest absolute Gasteiger partial charge is 0.433 e. The van der Waals surface area contributed by atoms with Crippen molar-refractivity contribution in [1.29, 1.82) is 0 Å². The molecule has 0 unspecified atom stereocenters. The van der Waals surface area contributed by atoms with Crippen molar-refractivity contribution in [1.82, 2.24) is 4.98 Å². The van der Waals surface area contributed by atoms with Crippen LogP contribution in [0.5, 0.6) is 0 Å². The van der Waals surface area contributed by atoms with Crippen molar-refractivity contribution in [3.05, 3.63) is 28.5 Å². The van der Waals surface area contributed by atoms with E-state index in [2.05, 4.69) is 4.98 Å². The van der Waals surface area contributed by atoms with Crippen molar-refractivity contribution in [2.75, 3.05) is 0 Å². The molecule has 1 heterocycles. The molecule has 0 aliphatic rings. The quantitative estimate of drug-likeness (QED) is 0.531. The highest BCUT2D eigenvalue weighted by Gasteiger charge is 2.33. The molecule has 0 atom stereocenters. The second-order valence-corrected chi connectivity index (χ2v) is 2.79. The highest BCUT2D eigenvalue weighted by Crippen LogP contribution is 2.31. The lowest BCUT2D eigenvalue weighted by atomic mass is 10.2. The Kier molecular flexibility index (Phi) is 2.94. The summed E-state index contributed by atoms with van der Waals surface area (Å²) < 4.78 is 60.3. The maximum absolute atomic E-state index is 12.1. The molecule has 0 aromatic carbocycles.